The van der Waals surface area contributed by atoms with Crippen LogP contribution in [0.4, 0.5) is 4.39 Å². The van der Waals surface area contributed by atoms with Crippen molar-refractivity contribution in [1.29, 1.82) is 0 Å². The van der Waals surface area contributed by atoms with Crippen molar-refractivity contribution in [1.82, 2.24) is 9.55 Å². The zero-order chi connectivity index (χ0) is 28.3. The Bertz CT molecular complexity index is 1470. The molecule has 1 atom stereocenters. The van der Waals surface area contributed by atoms with Gasteiger partial charge in [-0.2, -0.15) is 0 Å². The van der Waals surface area contributed by atoms with Crippen molar-refractivity contribution in [3.8, 4) is 16.9 Å². The van der Waals surface area contributed by atoms with Crippen LogP contribution in [0.1, 0.15) is 36.6 Å². The highest BCUT2D eigenvalue weighted by atomic mass is 35.5. The maximum absolute atomic E-state index is 12.9. The summed E-state index contributed by atoms with van der Waals surface area (Å²) in [5.74, 6) is 1.03. The van der Waals surface area contributed by atoms with E-state index in [4.69, 9.17) is 16.3 Å². The molecule has 1 aromatic heterocycles. The summed E-state index contributed by atoms with van der Waals surface area (Å²) >= 11 is 6.40. The summed E-state index contributed by atoms with van der Waals surface area (Å²) in [5, 5.41) is 0.547. The SMILES string of the molecule is CCCn1cncc1CS(=O)c1ccc(CC(=O)/C=C/c2cc(-c3ccc(OCCCF)cc3)ccc2Cl)cc1. The molecule has 1 unspecified atom stereocenters. The number of allylic oxidation sites excluding steroid dienone is 1. The Kier molecular flexibility index (Phi) is 10.8. The van der Waals surface area contributed by atoms with E-state index in [0.717, 1.165) is 45.8 Å². The lowest BCUT2D eigenvalue weighted by atomic mass is 10.0. The van der Waals surface area contributed by atoms with E-state index in [0.29, 0.717) is 29.6 Å². The zero-order valence-electron chi connectivity index (χ0n) is 22.4. The van der Waals surface area contributed by atoms with Gasteiger partial charge >= 0.3 is 0 Å². The molecular weight excluding hydrogens is 547 g/mol. The standard InChI is InChI=1S/C32H32ClFN2O3S/c1-2-17-36-23-35-21-28(36)22-40(38)31-13-4-24(5-14-31)19-29(37)10-6-27-20-26(9-15-32(27)33)25-7-11-30(12-8-25)39-18-3-16-34/h4-15,20-21,23H,2-3,16-19,22H2,1H3/b10-6+. The molecule has 4 aromatic rings. The summed E-state index contributed by atoms with van der Waals surface area (Å²) in [6, 6.07) is 20.6. The summed E-state index contributed by atoms with van der Waals surface area (Å²) < 4.78 is 32.7. The number of aryl methyl sites for hydroxylation is 1. The fourth-order valence-corrected chi connectivity index (χ4v) is 5.47. The van der Waals surface area contributed by atoms with Crippen LogP contribution in [0.3, 0.4) is 0 Å². The fraction of sp³-hybridized carbons (Fsp3) is 0.250. The normalized spacial score (nSPS) is 12.1. The van der Waals surface area contributed by atoms with Crippen LogP contribution in [0.15, 0.2) is 90.2 Å². The number of aromatic nitrogens is 2. The molecular formula is C32H32ClFN2O3S. The van der Waals surface area contributed by atoms with Gasteiger partial charge in [0.15, 0.2) is 5.78 Å². The number of rotatable bonds is 14. The second-order valence-electron chi connectivity index (χ2n) is 9.34. The molecule has 0 aliphatic heterocycles. The van der Waals surface area contributed by atoms with Crippen LogP contribution in [-0.2, 0) is 34.3 Å². The van der Waals surface area contributed by atoms with Gasteiger partial charge in [-0.05, 0) is 77.2 Å². The number of benzene rings is 3. The van der Waals surface area contributed by atoms with Crippen molar-refractivity contribution in [2.75, 3.05) is 13.3 Å². The Labute approximate surface area is 242 Å². The van der Waals surface area contributed by atoms with Crippen LogP contribution < -0.4 is 4.74 Å². The number of hydrogen-bond acceptors (Lipinski definition) is 4. The van der Waals surface area contributed by atoms with Gasteiger partial charge < -0.3 is 9.30 Å². The molecule has 3 aromatic carbocycles. The molecule has 40 heavy (non-hydrogen) atoms. The molecule has 0 aliphatic rings. The minimum Gasteiger partial charge on any atom is -0.493 e. The van der Waals surface area contributed by atoms with E-state index < -0.39 is 17.5 Å². The fourth-order valence-electron chi connectivity index (χ4n) is 4.17. The number of ether oxygens (including phenoxy) is 1. The third-order valence-corrected chi connectivity index (χ3v) is 7.99. The first kappa shape index (κ1) is 29.4. The van der Waals surface area contributed by atoms with E-state index in [1.165, 1.54) is 6.08 Å². The Balaban J connectivity index is 1.35. The largest absolute Gasteiger partial charge is 0.493 e. The first-order chi connectivity index (χ1) is 19.5. The van der Waals surface area contributed by atoms with E-state index in [1.807, 2.05) is 65.2 Å². The first-order valence-electron chi connectivity index (χ1n) is 13.2. The smallest absolute Gasteiger partial charge is 0.160 e. The predicted octanol–water partition coefficient (Wildman–Crippen LogP) is 7.48. The van der Waals surface area contributed by atoms with Crippen molar-refractivity contribution in [2.24, 2.45) is 0 Å². The van der Waals surface area contributed by atoms with Gasteiger partial charge in [0.2, 0.25) is 0 Å². The molecule has 208 valence electrons. The van der Waals surface area contributed by atoms with Crippen molar-refractivity contribution in [3.63, 3.8) is 0 Å². The van der Waals surface area contributed by atoms with Crippen molar-refractivity contribution in [2.45, 2.75) is 43.4 Å². The number of carbonyl (C=O) groups excluding carboxylic acids is 1. The van der Waals surface area contributed by atoms with Crippen molar-refractivity contribution < 1.29 is 18.1 Å². The molecule has 1 heterocycles. The van der Waals surface area contributed by atoms with Gasteiger partial charge in [0.25, 0.3) is 0 Å². The molecule has 0 radical (unpaired) electrons. The number of carbonyl (C=O) groups is 1. The molecule has 0 fully saturated rings. The van der Waals surface area contributed by atoms with Gasteiger partial charge in [0.05, 0.1) is 41.9 Å². The second kappa shape index (κ2) is 14.7. The number of imidazole rings is 1. The number of hydrogen-bond donors (Lipinski definition) is 0. The van der Waals surface area contributed by atoms with Crippen LogP contribution in [-0.4, -0.2) is 32.8 Å². The minimum absolute atomic E-state index is 0.0615. The third-order valence-electron chi connectivity index (χ3n) is 6.29. The van der Waals surface area contributed by atoms with E-state index in [1.54, 1.807) is 24.7 Å². The van der Waals surface area contributed by atoms with Crippen LogP contribution in [0.2, 0.25) is 5.02 Å². The topological polar surface area (TPSA) is 61.2 Å². The lowest BCUT2D eigenvalue weighted by Gasteiger charge is -2.08. The van der Waals surface area contributed by atoms with Gasteiger partial charge in [-0.3, -0.25) is 13.4 Å². The maximum atomic E-state index is 12.9. The van der Waals surface area contributed by atoms with Gasteiger partial charge in [0, 0.05) is 35.5 Å². The molecule has 0 N–H and O–H groups in total. The monoisotopic (exact) mass is 578 g/mol. The van der Waals surface area contributed by atoms with Crippen LogP contribution in [0, 0.1) is 0 Å². The molecule has 0 aliphatic carbocycles. The summed E-state index contributed by atoms with van der Waals surface area (Å²) in [6.07, 6.45) is 8.38. The average molecular weight is 579 g/mol. The highest BCUT2D eigenvalue weighted by Gasteiger charge is 2.10. The molecule has 0 saturated heterocycles. The number of ketones is 1. The summed E-state index contributed by atoms with van der Waals surface area (Å²) in [6.45, 7) is 2.89. The Morgan fingerprint density at radius 3 is 2.55 bits per heavy atom. The first-order valence-corrected chi connectivity index (χ1v) is 14.9. The van der Waals surface area contributed by atoms with E-state index >= 15 is 0 Å². The molecule has 0 bridgehead atoms. The minimum atomic E-state index is -1.20. The van der Waals surface area contributed by atoms with Crippen LogP contribution in [0.5, 0.6) is 5.75 Å². The summed E-state index contributed by atoms with van der Waals surface area (Å²) in [4.78, 5) is 17.6. The van der Waals surface area contributed by atoms with Crippen molar-refractivity contribution >= 4 is 34.3 Å². The van der Waals surface area contributed by atoms with E-state index in [9.17, 15) is 13.4 Å². The second-order valence-corrected chi connectivity index (χ2v) is 11.2. The highest BCUT2D eigenvalue weighted by molar-refractivity contribution is 7.84. The quantitative estimate of drug-likeness (QED) is 0.115. The zero-order valence-corrected chi connectivity index (χ0v) is 24.0. The lowest BCUT2D eigenvalue weighted by Crippen LogP contribution is -2.05. The third kappa shape index (κ3) is 8.23. The number of halogens is 2. The lowest BCUT2D eigenvalue weighted by molar-refractivity contribution is -0.113. The number of alkyl halides is 1. The average Bonchev–Trinajstić information content (AvgIpc) is 3.40. The Morgan fingerprint density at radius 1 is 1.07 bits per heavy atom. The molecule has 0 saturated carbocycles. The van der Waals surface area contributed by atoms with Gasteiger partial charge in [-0.25, -0.2) is 4.98 Å². The summed E-state index contributed by atoms with van der Waals surface area (Å²) in [7, 11) is -1.20. The Morgan fingerprint density at radius 2 is 1.82 bits per heavy atom. The van der Waals surface area contributed by atoms with E-state index in [2.05, 4.69) is 11.9 Å². The molecule has 4 rings (SSSR count). The Hall–Kier alpha value is -3.55. The van der Waals surface area contributed by atoms with Crippen LogP contribution >= 0.6 is 11.6 Å². The van der Waals surface area contributed by atoms with Crippen molar-refractivity contribution in [3.05, 3.63) is 107 Å². The molecule has 5 nitrogen and oxygen atoms in total. The van der Waals surface area contributed by atoms with Gasteiger partial charge in [-0.15, -0.1) is 0 Å². The van der Waals surface area contributed by atoms with Crippen LogP contribution in [0.25, 0.3) is 17.2 Å². The molecule has 0 amide bonds. The highest BCUT2D eigenvalue weighted by Crippen LogP contribution is 2.28. The van der Waals surface area contributed by atoms with Gasteiger partial charge in [0.1, 0.15) is 5.75 Å². The molecule has 8 heteroatoms. The number of nitrogens with zero attached hydrogens (tertiary/aromatic N) is 2. The molecule has 0 spiro atoms. The van der Waals surface area contributed by atoms with E-state index in [-0.39, 0.29) is 12.2 Å². The predicted molar refractivity (Wildman–Crippen MR) is 160 cm³/mol. The summed E-state index contributed by atoms with van der Waals surface area (Å²) in [5.41, 5.74) is 4.46. The maximum Gasteiger partial charge on any atom is 0.160 e. The van der Waals surface area contributed by atoms with Gasteiger partial charge in [-0.1, -0.05) is 48.9 Å².